The van der Waals surface area contributed by atoms with Gasteiger partial charge in [0.25, 0.3) is 0 Å². The lowest BCUT2D eigenvalue weighted by Crippen LogP contribution is -2.14. The number of carbonyl (C=O) groups is 1. The molecule has 0 unspecified atom stereocenters. The highest BCUT2D eigenvalue weighted by atomic mass is 35.5. The second-order valence-corrected chi connectivity index (χ2v) is 4.07. The third-order valence-corrected chi connectivity index (χ3v) is 2.61. The standard InChI is InChI=1S/C12H17ClN2O4/c1-4-5-6-19-7-8(16)9-10(13)14-12(18-3)15-11(9)17-2/h4-7H2,1-3H3. The van der Waals surface area contributed by atoms with E-state index in [-0.39, 0.29) is 35.0 Å². The zero-order valence-corrected chi connectivity index (χ0v) is 12.0. The van der Waals surface area contributed by atoms with Crippen LogP contribution in [0.1, 0.15) is 30.1 Å². The van der Waals surface area contributed by atoms with E-state index in [2.05, 4.69) is 9.97 Å². The fraction of sp³-hybridized carbons (Fsp3) is 0.583. The molecule has 6 nitrogen and oxygen atoms in total. The third kappa shape index (κ3) is 4.33. The predicted octanol–water partition coefficient (Wildman–Crippen LogP) is 2.15. The van der Waals surface area contributed by atoms with Crippen molar-refractivity contribution in [3.8, 4) is 11.9 Å². The van der Waals surface area contributed by atoms with Crippen LogP contribution >= 0.6 is 11.6 Å². The van der Waals surface area contributed by atoms with Gasteiger partial charge in [-0.15, -0.1) is 0 Å². The summed E-state index contributed by atoms with van der Waals surface area (Å²) in [4.78, 5) is 19.8. The number of halogens is 1. The number of methoxy groups -OCH3 is 2. The van der Waals surface area contributed by atoms with Crippen LogP contribution in [0.3, 0.4) is 0 Å². The van der Waals surface area contributed by atoms with E-state index in [1.165, 1.54) is 14.2 Å². The Balaban J connectivity index is 2.83. The molecule has 106 valence electrons. The van der Waals surface area contributed by atoms with Crippen LogP contribution in [0, 0.1) is 0 Å². The van der Waals surface area contributed by atoms with E-state index in [9.17, 15) is 4.79 Å². The number of Topliss-reactive ketones (excluding diaryl/α,β-unsaturated/α-hetero) is 1. The Hall–Kier alpha value is -1.40. The highest BCUT2D eigenvalue weighted by Gasteiger charge is 2.21. The van der Waals surface area contributed by atoms with Gasteiger partial charge in [0.2, 0.25) is 5.88 Å². The summed E-state index contributed by atoms with van der Waals surface area (Å²) in [7, 11) is 2.80. The van der Waals surface area contributed by atoms with Crippen LogP contribution in [0.5, 0.6) is 11.9 Å². The van der Waals surface area contributed by atoms with Gasteiger partial charge in [-0.05, 0) is 6.42 Å². The molecule has 0 aromatic carbocycles. The number of unbranched alkanes of at least 4 members (excludes halogenated alkanes) is 1. The number of rotatable bonds is 8. The molecular formula is C12H17ClN2O4. The maximum absolute atomic E-state index is 12.0. The molecule has 7 heteroatoms. The van der Waals surface area contributed by atoms with E-state index in [0.29, 0.717) is 6.61 Å². The largest absolute Gasteiger partial charge is 0.480 e. The fourth-order valence-corrected chi connectivity index (χ4v) is 1.61. The molecule has 0 radical (unpaired) electrons. The van der Waals surface area contributed by atoms with Gasteiger partial charge in [-0.25, -0.2) is 0 Å². The first-order valence-corrected chi connectivity index (χ1v) is 6.28. The average Bonchev–Trinajstić information content (AvgIpc) is 2.42. The molecule has 1 aromatic rings. The monoisotopic (exact) mass is 288 g/mol. The second-order valence-electron chi connectivity index (χ2n) is 3.71. The smallest absolute Gasteiger partial charge is 0.320 e. The molecule has 19 heavy (non-hydrogen) atoms. The molecule has 0 aliphatic heterocycles. The molecule has 1 heterocycles. The van der Waals surface area contributed by atoms with Crippen LogP contribution in [-0.4, -0.2) is 43.2 Å². The number of hydrogen-bond acceptors (Lipinski definition) is 6. The number of aromatic nitrogens is 2. The Labute approximate surface area is 117 Å². The van der Waals surface area contributed by atoms with Crippen LogP contribution in [0.4, 0.5) is 0 Å². The molecule has 0 atom stereocenters. The summed E-state index contributed by atoms with van der Waals surface area (Å²) in [6, 6.07) is 0.0466. The van der Waals surface area contributed by atoms with E-state index >= 15 is 0 Å². The maximum Gasteiger partial charge on any atom is 0.320 e. The van der Waals surface area contributed by atoms with Crippen molar-refractivity contribution in [3.05, 3.63) is 10.7 Å². The summed E-state index contributed by atoms with van der Waals surface area (Å²) in [5, 5.41) is -0.00667. The molecule has 0 aliphatic rings. The lowest BCUT2D eigenvalue weighted by Gasteiger charge is -2.09. The Morgan fingerprint density at radius 1 is 1.26 bits per heavy atom. The van der Waals surface area contributed by atoms with Crippen molar-refractivity contribution in [2.75, 3.05) is 27.4 Å². The van der Waals surface area contributed by atoms with Gasteiger partial charge in [0.1, 0.15) is 12.2 Å². The Kier molecular flexibility index (Phi) is 6.52. The minimum Gasteiger partial charge on any atom is -0.480 e. The molecule has 0 saturated heterocycles. The van der Waals surface area contributed by atoms with Crippen LogP contribution in [0.2, 0.25) is 5.15 Å². The van der Waals surface area contributed by atoms with Gasteiger partial charge < -0.3 is 14.2 Å². The zero-order valence-electron chi connectivity index (χ0n) is 11.2. The van der Waals surface area contributed by atoms with E-state index in [4.69, 9.17) is 25.8 Å². The summed E-state index contributed by atoms with van der Waals surface area (Å²) in [6.07, 6.45) is 1.90. The fourth-order valence-electron chi connectivity index (χ4n) is 1.35. The van der Waals surface area contributed by atoms with Crippen molar-refractivity contribution in [1.29, 1.82) is 0 Å². The van der Waals surface area contributed by atoms with E-state index < -0.39 is 0 Å². The SMILES string of the molecule is CCCCOCC(=O)c1c(Cl)nc(OC)nc1OC. The van der Waals surface area contributed by atoms with Crippen LogP contribution < -0.4 is 9.47 Å². The zero-order chi connectivity index (χ0) is 14.3. The molecule has 0 bridgehead atoms. The summed E-state index contributed by atoms with van der Waals surface area (Å²) >= 11 is 5.94. The number of ether oxygens (including phenoxy) is 3. The topological polar surface area (TPSA) is 70.5 Å². The molecule has 1 rings (SSSR count). The normalized spacial score (nSPS) is 10.3. The number of carbonyl (C=O) groups excluding carboxylic acids is 1. The highest BCUT2D eigenvalue weighted by Crippen LogP contribution is 2.25. The van der Waals surface area contributed by atoms with Crippen molar-refractivity contribution in [1.82, 2.24) is 9.97 Å². The summed E-state index contributed by atoms with van der Waals surface area (Å²) < 4.78 is 15.1. The van der Waals surface area contributed by atoms with Gasteiger partial charge >= 0.3 is 6.01 Å². The lowest BCUT2D eigenvalue weighted by atomic mass is 10.2. The van der Waals surface area contributed by atoms with Gasteiger partial charge in [0.05, 0.1) is 14.2 Å². The minimum atomic E-state index is -0.319. The molecule has 1 aromatic heterocycles. The number of hydrogen-bond donors (Lipinski definition) is 0. The molecule has 0 aliphatic carbocycles. The number of ketones is 1. The van der Waals surface area contributed by atoms with Gasteiger partial charge in [-0.1, -0.05) is 24.9 Å². The summed E-state index contributed by atoms with van der Waals surface area (Å²) in [6.45, 7) is 2.49. The summed E-state index contributed by atoms with van der Waals surface area (Å²) in [5.41, 5.74) is 0.112. The first kappa shape index (κ1) is 15.7. The van der Waals surface area contributed by atoms with Gasteiger partial charge in [-0.3, -0.25) is 4.79 Å². The van der Waals surface area contributed by atoms with E-state index in [0.717, 1.165) is 12.8 Å². The summed E-state index contributed by atoms with van der Waals surface area (Å²) in [5.74, 6) is -0.235. The average molecular weight is 289 g/mol. The molecule has 0 saturated carbocycles. The molecule has 0 fully saturated rings. The third-order valence-electron chi connectivity index (χ3n) is 2.34. The molecular weight excluding hydrogens is 272 g/mol. The van der Waals surface area contributed by atoms with Crippen molar-refractivity contribution >= 4 is 17.4 Å². The Morgan fingerprint density at radius 3 is 2.58 bits per heavy atom. The lowest BCUT2D eigenvalue weighted by molar-refractivity contribution is 0.0750. The van der Waals surface area contributed by atoms with Crippen molar-refractivity contribution in [3.63, 3.8) is 0 Å². The van der Waals surface area contributed by atoms with Crippen molar-refractivity contribution in [2.45, 2.75) is 19.8 Å². The van der Waals surface area contributed by atoms with Crippen molar-refractivity contribution in [2.24, 2.45) is 0 Å². The first-order chi connectivity index (χ1) is 9.13. The van der Waals surface area contributed by atoms with Gasteiger partial charge in [0, 0.05) is 6.61 Å². The first-order valence-electron chi connectivity index (χ1n) is 5.90. The van der Waals surface area contributed by atoms with Crippen LogP contribution in [-0.2, 0) is 4.74 Å². The number of nitrogens with zero attached hydrogens (tertiary/aromatic N) is 2. The molecule has 0 spiro atoms. The van der Waals surface area contributed by atoms with Gasteiger partial charge in [-0.2, -0.15) is 9.97 Å². The maximum atomic E-state index is 12.0. The van der Waals surface area contributed by atoms with Gasteiger partial charge in [0.15, 0.2) is 10.9 Å². The van der Waals surface area contributed by atoms with E-state index in [1.54, 1.807) is 0 Å². The predicted molar refractivity (Wildman–Crippen MR) is 70.2 cm³/mol. The Morgan fingerprint density at radius 2 is 2.00 bits per heavy atom. The second kappa shape index (κ2) is 7.91. The Bertz CT molecular complexity index is 440. The van der Waals surface area contributed by atoms with E-state index in [1.807, 2.05) is 6.92 Å². The van der Waals surface area contributed by atoms with Crippen LogP contribution in [0.25, 0.3) is 0 Å². The molecule has 0 N–H and O–H groups in total. The van der Waals surface area contributed by atoms with Crippen LogP contribution in [0.15, 0.2) is 0 Å². The molecule has 0 amide bonds. The quantitative estimate of drug-likeness (QED) is 0.415. The minimum absolute atomic E-state index is 0.00667. The highest BCUT2D eigenvalue weighted by molar-refractivity contribution is 6.33. The van der Waals surface area contributed by atoms with Crippen molar-refractivity contribution < 1.29 is 19.0 Å².